The molecule has 1 aromatic rings. The third-order valence-electron chi connectivity index (χ3n) is 4.19. The molecular weight excluding hydrogens is 276 g/mol. The maximum Gasteiger partial charge on any atom is 0.324 e. The zero-order chi connectivity index (χ0) is 14.1. The van der Waals surface area contributed by atoms with E-state index in [2.05, 4.69) is 16.8 Å². The number of ether oxygens (including phenoxy) is 1. The normalized spacial score (nSPS) is 28.6. The summed E-state index contributed by atoms with van der Waals surface area (Å²) in [4.78, 5) is 16.6. The van der Waals surface area contributed by atoms with Crippen molar-refractivity contribution in [3.8, 4) is 0 Å². The van der Waals surface area contributed by atoms with Gasteiger partial charge in [-0.2, -0.15) is 0 Å². The van der Waals surface area contributed by atoms with Gasteiger partial charge in [0.2, 0.25) is 0 Å². The Morgan fingerprint density at radius 2 is 1.80 bits per heavy atom. The van der Waals surface area contributed by atoms with Crippen molar-refractivity contribution in [1.82, 2.24) is 9.80 Å². The predicted octanol–water partition coefficient (Wildman–Crippen LogP) is 1.94. The number of nitrogens with zero attached hydrogens (tertiary/aromatic N) is 2. The van der Waals surface area contributed by atoms with Crippen LogP contribution in [-0.2, 0) is 9.53 Å². The summed E-state index contributed by atoms with van der Waals surface area (Å²) in [6.45, 7) is 3.89. The molecule has 1 aromatic carbocycles. The van der Waals surface area contributed by atoms with Gasteiger partial charge in [0, 0.05) is 37.6 Å². The number of benzene rings is 1. The van der Waals surface area contributed by atoms with Crippen molar-refractivity contribution < 1.29 is 9.53 Å². The van der Waals surface area contributed by atoms with Crippen LogP contribution in [-0.4, -0.2) is 55.0 Å². The summed E-state index contributed by atoms with van der Waals surface area (Å²) in [6, 6.07) is 7.46. The van der Waals surface area contributed by atoms with E-state index in [4.69, 9.17) is 16.3 Å². The fourth-order valence-electron chi connectivity index (χ4n) is 2.88. The van der Waals surface area contributed by atoms with Crippen LogP contribution in [0.4, 0.5) is 0 Å². The van der Waals surface area contributed by atoms with Crippen molar-refractivity contribution >= 4 is 17.6 Å². The summed E-state index contributed by atoms with van der Waals surface area (Å²) in [5.41, 5.74) is 1.03. The molecule has 20 heavy (non-hydrogen) atoms. The zero-order valence-electron chi connectivity index (χ0n) is 11.6. The Bertz CT molecular complexity index is 483. The highest BCUT2D eigenvalue weighted by Gasteiger charge is 2.39. The first-order valence-corrected chi connectivity index (χ1v) is 7.40. The molecule has 2 saturated heterocycles. The number of halogens is 1. The second-order valence-corrected chi connectivity index (χ2v) is 6.00. The number of carbonyl (C=O) groups is 1. The molecule has 0 radical (unpaired) electrons. The van der Waals surface area contributed by atoms with E-state index >= 15 is 0 Å². The van der Waals surface area contributed by atoms with Crippen molar-refractivity contribution in [2.75, 3.05) is 33.2 Å². The minimum absolute atomic E-state index is 0.0884. The maximum absolute atomic E-state index is 12.1. The van der Waals surface area contributed by atoms with Crippen molar-refractivity contribution in [2.24, 2.45) is 0 Å². The second kappa shape index (κ2) is 5.72. The van der Waals surface area contributed by atoms with E-state index < -0.39 is 0 Å². The molecule has 2 aliphatic heterocycles. The number of likely N-dealkylation sites (N-methyl/N-ethyl adjacent to an activating group) is 1. The minimum Gasteiger partial charge on any atom is -0.456 e. The van der Waals surface area contributed by atoms with E-state index in [-0.39, 0.29) is 18.1 Å². The number of hydrogen-bond acceptors (Lipinski definition) is 4. The first kappa shape index (κ1) is 13.9. The van der Waals surface area contributed by atoms with Gasteiger partial charge >= 0.3 is 5.97 Å². The number of carbonyl (C=O) groups excluding carboxylic acids is 1. The standard InChI is InChI=1S/C15H19ClN2O2/c1-17-6-8-18(9-7-17)13-10-14(20-15(13)19)11-2-4-12(16)5-3-11/h2-5,13-14H,6-10H2,1H3. The fourth-order valence-corrected chi connectivity index (χ4v) is 3.01. The lowest BCUT2D eigenvalue weighted by atomic mass is 10.0. The van der Waals surface area contributed by atoms with Gasteiger partial charge in [0.05, 0.1) is 0 Å². The molecule has 0 saturated carbocycles. The predicted molar refractivity (Wildman–Crippen MR) is 77.8 cm³/mol. The molecule has 2 unspecified atom stereocenters. The Morgan fingerprint density at radius 1 is 1.15 bits per heavy atom. The van der Waals surface area contributed by atoms with Gasteiger partial charge < -0.3 is 9.64 Å². The highest BCUT2D eigenvalue weighted by atomic mass is 35.5. The molecule has 0 bridgehead atoms. The smallest absolute Gasteiger partial charge is 0.324 e. The summed E-state index contributed by atoms with van der Waals surface area (Å²) in [5.74, 6) is -0.0884. The highest BCUT2D eigenvalue weighted by Crippen LogP contribution is 2.33. The van der Waals surface area contributed by atoms with Crippen molar-refractivity contribution in [3.05, 3.63) is 34.9 Å². The van der Waals surface area contributed by atoms with Crippen molar-refractivity contribution in [3.63, 3.8) is 0 Å². The van der Waals surface area contributed by atoms with Gasteiger partial charge in [-0.05, 0) is 24.7 Å². The molecule has 0 N–H and O–H groups in total. The minimum atomic E-state index is -0.135. The molecule has 2 fully saturated rings. The summed E-state index contributed by atoms with van der Waals surface area (Å²) in [6.07, 6.45) is 0.605. The van der Waals surface area contributed by atoms with Crippen LogP contribution in [0, 0.1) is 0 Å². The maximum atomic E-state index is 12.1. The van der Waals surface area contributed by atoms with Crippen LogP contribution in [0.5, 0.6) is 0 Å². The van der Waals surface area contributed by atoms with Crippen LogP contribution in [0.3, 0.4) is 0 Å². The van der Waals surface area contributed by atoms with Crippen LogP contribution in [0.2, 0.25) is 5.02 Å². The molecule has 0 spiro atoms. The van der Waals surface area contributed by atoms with E-state index in [9.17, 15) is 4.79 Å². The Balaban J connectivity index is 1.67. The van der Waals surface area contributed by atoms with Crippen LogP contribution in [0.15, 0.2) is 24.3 Å². The van der Waals surface area contributed by atoms with Gasteiger partial charge in [-0.1, -0.05) is 23.7 Å². The molecule has 0 aromatic heterocycles. The number of piperazine rings is 1. The lowest BCUT2D eigenvalue weighted by molar-refractivity contribution is -0.145. The van der Waals surface area contributed by atoms with Crippen LogP contribution < -0.4 is 0 Å². The first-order chi connectivity index (χ1) is 9.63. The fraction of sp³-hybridized carbons (Fsp3) is 0.533. The summed E-state index contributed by atoms with van der Waals surface area (Å²) in [7, 11) is 2.11. The number of hydrogen-bond donors (Lipinski definition) is 0. The molecule has 3 rings (SSSR count). The molecule has 2 atom stereocenters. The van der Waals surface area contributed by atoms with Gasteiger partial charge in [0.15, 0.2) is 0 Å². The average molecular weight is 295 g/mol. The topological polar surface area (TPSA) is 32.8 Å². The Labute approximate surface area is 124 Å². The Hall–Kier alpha value is -1.10. The zero-order valence-corrected chi connectivity index (χ0v) is 12.3. The van der Waals surface area contributed by atoms with Gasteiger partial charge in [-0.25, -0.2) is 0 Å². The quantitative estimate of drug-likeness (QED) is 0.781. The lowest BCUT2D eigenvalue weighted by Gasteiger charge is -2.34. The largest absolute Gasteiger partial charge is 0.456 e. The van der Waals surface area contributed by atoms with E-state index in [0.29, 0.717) is 5.02 Å². The number of esters is 1. The van der Waals surface area contributed by atoms with Gasteiger partial charge in [-0.3, -0.25) is 9.69 Å². The molecule has 5 heteroatoms. The van der Waals surface area contributed by atoms with E-state index in [0.717, 1.165) is 38.2 Å². The average Bonchev–Trinajstić information content (AvgIpc) is 2.82. The van der Waals surface area contributed by atoms with E-state index in [1.807, 2.05) is 24.3 Å². The third-order valence-corrected chi connectivity index (χ3v) is 4.44. The third kappa shape index (κ3) is 2.82. The Kier molecular flexibility index (Phi) is 3.96. The molecule has 0 amide bonds. The SMILES string of the molecule is CN1CCN(C2CC(c3ccc(Cl)cc3)OC2=O)CC1. The highest BCUT2D eigenvalue weighted by molar-refractivity contribution is 6.30. The second-order valence-electron chi connectivity index (χ2n) is 5.57. The summed E-state index contributed by atoms with van der Waals surface area (Å²) < 4.78 is 5.54. The molecule has 108 valence electrons. The van der Waals surface area contributed by atoms with E-state index in [1.54, 1.807) is 0 Å². The molecule has 4 nitrogen and oxygen atoms in total. The lowest BCUT2D eigenvalue weighted by Crippen LogP contribution is -2.50. The van der Waals surface area contributed by atoms with E-state index in [1.165, 1.54) is 0 Å². The number of cyclic esters (lactones) is 1. The van der Waals surface area contributed by atoms with Crippen LogP contribution in [0.1, 0.15) is 18.1 Å². The first-order valence-electron chi connectivity index (χ1n) is 7.02. The van der Waals surface area contributed by atoms with Gasteiger partial charge in [-0.15, -0.1) is 0 Å². The molecule has 0 aliphatic carbocycles. The molecular formula is C15H19ClN2O2. The summed E-state index contributed by atoms with van der Waals surface area (Å²) in [5, 5.41) is 0.702. The Morgan fingerprint density at radius 3 is 2.45 bits per heavy atom. The number of rotatable bonds is 2. The monoisotopic (exact) mass is 294 g/mol. The van der Waals surface area contributed by atoms with Crippen LogP contribution in [0.25, 0.3) is 0 Å². The summed E-state index contributed by atoms with van der Waals surface area (Å²) >= 11 is 5.89. The van der Waals surface area contributed by atoms with Gasteiger partial charge in [0.1, 0.15) is 12.1 Å². The van der Waals surface area contributed by atoms with Crippen molar-refractivity contribution in [2.45, 2.75) is 18.6 Å². The molecule has 2 aliphatic rings. The molecule has 2 heterocycles. The van der Waals surface area contributed by atoms with Crippen molar-refractivity contribution in [1.29, 1.82) is 0 Å². The van der Waals surface area contributed by atoms with Gasteiger partial charge in [0.25, 0.3) is 0 Å². The van der Waals surface area contributed by atoms with Crippen LogP contribution >= 0.6 is 11.6 Å².